The molecule has 1 saturated heterocycles. The van der Waals surface area contributed by atoms with Gasteiger partial charge in [0.25, 0.3) is 0 Å². The maximum atomic E-state index is 13.3. The van der Waals surface area contributed by atoms with Crippen molar-refractivity contribution in [2.75, 3.05) is 39.1 Å². The number of hydrogen-bond donors (Lipinski definition) is 1. The van der Waals surface area contributed by atoms with Crippen molar-refractivity contribution in [2.24, 2.45) is 0 Å². The van der Waals surface area contributed by atoms with Gasteiger partial charge < -0.3 is 10.1 Å². The molecule has 1 aliphatic rings. The first kappa shape index (κ1) is 27.8. The summed E-state index contributed by atoms with van der Waals surface area (Å²) in [6, 6.07) is 20.9. The van der Waals surface area contributed by atoms with Crippen LogP contribution in [-0.4, -0.2) is 66.9 Å². The molecule has 1 atom stereocenters. The Hall–Kier alpha value is -3.73. The van der Waals surface area contributed by atoms with Gasteiger partial charge in [0.1, 0.15) is 17.0 Å². The van der Waals surface area contributed by atoms with Crippen molar-refractivity contribution in [3.63, 3.8) is 0 Å². The molecule has 0 aliphatic carbocycles. The number of benzene rings is 3. The third kappa shape index (κ3) is 5.74. The Kier molecular flexibility index (Phi) is 8.20. The number of hydrogen-bond acceptors (Lipinski definition) is 6. The highest BCUT2D eigenvalue weighted by molar-refractivity contribution is 7.89. The number of para-hydroxylation sites is 2. The number of piperidine rings is 1. The first-order valence-corrected chi connectivity index (χ1v) is 14.9. The zero-order valence-corrected chi connectivity index (χ0v) is 23.9. The lowest BCUT2D eigenvalue weighted by molar-refractivity contribution is -0.117. The number of carbonyl (C=O) groups is 1. The van der Waals surface area contributed by atoms with Gasteiger partial charge in [0.15, 0.2) is 0 Å². The molecule has 1 fully saturated rings. The summed E-state index contributed by atoms with van der Waals surface area (Å²) in [7, 11) is -0.388. The molecule has 40 heavy (non-hydrogen) atoms. The van der Waals surface area contributed by atoms with Crippen molar-refractivity contribution < 1.29 is 17.9 Å². The highest BCUT2D eigenvalue weighted by Gasteiger charge is 2.29. The van der Waals surface area contributed by atoms with Crippen LogP contribution in [0.15, 0.2) is 78.0 Å². The van der Waals surface area contributed by atoms with Crippen LogP contribution in [0.2, 0.25) is 0 Å². The van der Waals surface area contributed by atoms with Gasteiger partial charge in [0.05, 0.1) is 24.7 Å². The molecule has 2 heterocycles. The average molecular weight is 562 g/mol. The number of sulfonamides is 1. The zero-order chi connectivity index (χ0) is 28.3. The fraction of sp³-hybridized carbons (Fsp3) is 0.333. The second kappa shape index (κ2) is 11.8. The molecule has 3 aromatic carbocycles. The third-order valence-electron chi connectivity index (χ3n) is 7.54. The standard InChI is InChI=1S/C30H35N5O4S/c1-22(23-11-14-25(15-12-23)35-21-31-26-9-5-6-10-27(26)35)33(2)20-30(36)32-24-13-16-28(39-3)29(19-24)40(37,38)34-17-7-4-8-18-34/h5-6,9-16,19,21-22H,4,7-8,17-18,20H2,1-3H3,(H,32,36). The number of imidazole rings is 1. The number of anilines is 1. The van der Waals surface area contributed by atoms with E-state index in [0.717, 1.165) is 41.5 Å². The number of ether oxygens (including phenoxy) is 1. The smallest absolute Gasteiger partial charge is 0.246 e. The number of nitrogens with one attached hydrogen (secondary N) is 1. The molecule has 1 unspecified atom stereocenters. The van der Waals surface area contributed by atoms with E-state index in [0.29, 0.717) is 18.8 Å². The Labute approximate surface area is 235 Å². The lowest BCUT2D eigenvalue weighted by Crippen LogP contribution is -2.36. The van der Waals surface area contributed by atoms with Crippen LogP contribution in [0.5, 0.6) is 5.75 Å². The summed E-state index contributed by atoms with van der Waals surface area (Å²) in [5.41, 5.74) is 4.49. The number of methoxy groups -OCH3 is 1. The molecule has 0 saturated carbocycles. The predicted octanol–water partition coefficient (Wildman–Crippen LogP) is 4.84. The summed E-state index contributed by atoms with van der Waals surface area (Å²) in [6.45, 7) is 3.16. The van der Waals surface area contributed by atoms with E-state index in [4.69, 9.17) is 4.74 Å². The van der Waals surface area contributed by atoms with Crippen LogP contribution in [0.4, 0.5) is 5.69 Å². The maximum Gasteiger partial charge on any atom is 0.246 e. The molecule has 1 amide bonds. The van der Waals surface area contributed by atoms with Crippen LogP contribution in [0.25, 0.3) is 16.7 Å². The van der Waals surface area contributed by atoms with E-state index in [1.165, 1.54) is 17.5 Å². The van der Waals surface area contributed by atoms with Crippen LogP contribution >= 0.6 is 0 Å². The van der Waals surface area contributed by atoms with Gasteiger partial charge in [-0.3, -0.25) is 14.3 Å². The van der Waals surface area contributed by atoms with E-state index < -0.39 is 10.0 Å². The van der Waals surface area contributed by atoms with Gasteiger partial charge in [0, 0.05) is 30.5 Å². The van der Waals surface area contributed by atoms with Crippen LogP contribution in [0, 0.1) is 0 Å². The van der Waals surface area contributed by atoms with E-state index in [1.54, 1.807) is 12.1 Å². The van der Waals surface area contributed by atoms with E-state index in [-0.39, 0.29) is 29.1 Å². The number of amides is 1. The number of rotatable bonds is 9. The third-order valence-corrected chi connectivity index (χ3v) is 9.46. The fourth-order valence-electron chi connectivity index (χ4n) is 5.10. The molecule has 1 aliphatic heterocycles. The SMILES string of the molecule is COc1ccc(NC(=O)CN(C)C(C)c2ccc(-n3cnc4ccccc43)cc2)cc1S(=O)(=O)N1CCCCC1. The number of likely N-dealkylation sites (N-methyl/N-ethyl adjacent to an activating group) is 1. The minimum Gasteiger partial charge on any atom is -0.495 e. The molecule has 1 N–H and O–H groups in total. The summed E-state index contributed by atoms with van der Waals surface area (Å²) in [5, 5.41) is 2.86. The molecule has 4 aromatic rings. The topological polar surface area (TPSA) is 96.8 Å². The van der Waals surface area contributed by atoms with Gasteiger partial charge in [-0.05, 0) is 74.8 Å². The first-order valence-electron chi connectivity index (χ1n) is 13.5. The van der Waals surface area contributed by atoms with Crippen LogP contribution < -0.4 is 10.1 Å². The van der Waals surface area contributed by atoms with E-state index in [9.17, 15) is 13.2 Å². The number of nitrogens with zero attached hydrogens (tertiary/aromatic N) is 4. The van der Waals surface area contributed by atoms with Crippen molar-refractivity contribution in [3.05, 3.63) is 78.6 Å². The first-order chi connectivity index (χ1) is 19.3. The molecule has 1 aromatic heterocycles. The predicted molar refractivity (Wildman–Crippen MR) is 156 cm³/mol. The summed E-state index contributed by atoms with van der Waals surface area (Å²) < 4.78 is 35.5. The number of fused-ring (bicyclic) bond motifs is 1. The molecule has 9 nitrogen and oxygen atoms in total. The van der Waals surface area contributed by atoms with Crippen LogP contribution in [0.3, 0.4) is 0 Å². The quantitative estimate of drug-likeness (QED) is 0.314. The van der Waals surface area contributed by atoms with Gasteiger partial charge >= 0.3 is 0 Å². The largest absolute Gasteiger partial charge is 0.495 e. The van der Waals surface area contributed by atoms with Gasteiger partial charge in [0.2, 0.25) is 15.9 Å². The lowest BCUT2D eigenvalue weighted by Gasteiger charge is -2.27. The minimum atomic E-state index is -3.73. The van der Waals surface area contributed by atoms with E-state index in [2.05, 4.69) is 39.1 Å². The number of aromatic nitrogens is 2. The lowest BCUT2D eigenvalue weighted by atomic mass is 10.1. The summed E-state index contributed by atoms with van der Waals surface area (Å²) in [5.74, 6) is 0.0313. The zero-order valence-electron chi connectivity index (χ0n) is 23.1. The Morgan fingerprint density at radius 1 is 1.05 bits per heavy atom. The normalized spacial score (nSPS) is 15.3. The molecular formula is C30H35N5O4S. The molecule has 10 heteroatoms. The summed E-state index contributed by atoms with van der Waals surface area (Å²) in [6.07, 6.45) is 4.52. The monoisotopic (exact) mass is 561 g/mol. The van der Waals surface area contributed by atoms with Crippen LogP contribution in [-0.2, 0) is 14.8 Å². The van der Waals surface area contributed by atoms with Crippen molar-refractivity contribution in [1.82, 2.24) is 18.8 Å². The van der Waals surface area contributed by atoms with Crippen molar-refractivity contribution in [2.45, 2.75) is 37.1 Å². The molecule has 0 radical (unpaired) electrons. The van der Waals surface area contributed by atoms with Gasteiger partial charge in [-0.15, -0.1) is 0 Å². The van der Waals surface area contributed by atoms with E-state index >= 15 is 0 Å². The minimum absolute atomic E-state index is 0.0229. The Bertz CT molecular complexity index is 1590. The van der Waals surface area contributed by atoms with Gasteiger partial charge in [-0.25, -0.2) is 13.4 Å². The van der Waals surface area contributed by atoms with Gasteiger partial charge in [-0.1, -0.05) is 30.7 Å². The second-order valence-electron chi connectivity index (χ2n) is 10.2. The highest BCUT2D eigenvalue weighted by atomic mass is 32.2. The van der Waals surface area contributed by atoms with Crippen molar-refractivity contribution >= 4 is 32.7 Å². The fourth-order valence-corrected chi connectivity index (χ4v) is 6.80. The number of carbonyl (C=O) groups excluding carboxylic acids is 1. The van der Waals surface area contributed by atoms with Crippen molar-refractivity contribution in [1.29, 1.82) is 0 Å². The van der Waals surface area contributed by atoms with E-state index in [1.807, 2.05) is 49.5 Å². The van der Waals surface area contributed by atoms with Crippen LogP contribution in [0.1, 0.15) is 37.8 Å². The molecule has 5 rings (SSSR count). The van der Waals surface area contributed by atoms with Crippen molar-refractivity contribution in [3.8, 4) is 11.4 Å². The Morgan fingerprint density at radius 2 is 1.77 bits per heavy atom. The Balaban J connectivity index is 1.25. The highest BCUT2D eigenvalue weighted by Crippen LogP contribution is 2.31. The average Bonchev–Trinajstić information content (AvgIpc) is 3.41. The molecule has 0 spiro atoms. The Morgan fingerprint density at radius 3 is 2.50 bits per heavy atom. The molecule has 0 bridgehead atoms. The molecule has 210 valence electrons. The second-order valence-corrected chi connectivity index (χ2v) is 12.1. The maximum absolute atomic E-state index is 13.3. The summed E-state index contributed by atoms with van der Waals surface area (Å²) in [4.78, 5) is 19.4. The summed E-state index contributed by atoms with van der Waals surface area (Å²) >= 11 is 0. The van der Waals surface area contributed by atoms with Gasteiger partial charge in [-0.2, -0.15) is 4.31 Å². The molecular weight excluding hydrogens is 526 g/mol.